The zero-order valence-electron chi connectivity index (χ0n) is 16.7. The molecular formula is C22H23N7. The molecule has 0 bridgehead atoms. The van der Waals surface area contributed by atoms with Crippen molar-refractivity contribution in [3.05, 3.63) is 72.7 Å². The molecule has 0 unspecified atom stereocenters. The third-order valence-electron chi connectivity index (χ3n) is 4.62. The van der Waals surface area contributed by atoms with Crippen LogP contribution in [0.1, 0.15) is 31.0 Å². The van der Waals surface area contributed by atoms with E-state index in [1.807, 2.05) is 23.3 Å². The van der Waals surface area contributed by atoms with E-state index in [4.69, 9.17) is 4.98 Å². The molecule has 0 aliphatic carbocycles. The van der Waals surface area contributed by atoms with Crippen LogP contribution < -0.4 is 5.32 Å². The number of hydrogen-bond donors (Lipinski definition) is 1. The Morgan fingerprint density at radius 1 is 0.966 bits per heavy atom. The summed E-state index contributed by atoms with van der Waals surface area (Å²) in [5.41, 5.74) is 5.93. The largest absolute Gasteiger partial charge is 0.350 e. The van der Waals surface area contributed by atoms with Gasteiger partial charge in [0.1, 0.15) is 6.33 Å². The highest BCUT2D eigenvalue weighted by Gasteiger charge is 2.12. The van der Waals surface area contributed by atoms with Gasteiger partial charge in [0, 0.05) is 59.6 Å². The number of benzene rings is 1. The molecule has 4 aromatic rings. The number of nitrogens with zero attached hydrogens (tertiary/aromatic N) is 6. The first-order valence-corrected chi connectivity index (χ1v) is 9.56. The lowest BCUT2D eigenvalue weighted by atomic mass is 10.0. The topological polar surface area (TPSA) is 81.4 Å². The maximum absolute atomic E-state index is 4.80. The van der Waals surface area contributed by atoms with E-state index < -0.39 is 0 Å². The van der Waals surface area contributed by atoms with Gasteiger partial charge in [0.2, 0.25) is 5.95 Å². The van der Waals surface area contributed by atoms with Crippen molar-refractivity contribution < 1.29 is 0 Å². The lowest BCUT2D eigenvalue weighted by Gasteiger charge is -2.11. The molecule has 0 saturated carbocycles. The second-order valence-corrected chi connectivity index (χ2v) is 7.22. The van der Waals surface area contributed by atoms with E-state index >= 15 is 0 Å². The van der Waals surface area contributed by atoms with Crippen LogP contribution in [0.15, 0.2) is 61.6 Å². The molecule has 7 heteroatoms. The Hall–Kier alpha value is -3.61. The van der Waals surface area contributed by atoms with Gasteiger partial charge in [0.05, 0.1) is 11.9 Å². The van der Waals surface area contributed by atoms with E-state index in [0.29, 0.717) is 18.5 Å². The van der Waals surface area contributed by atoms with Gasteiger partial charge in [-0.05, 0) is 20.8 Å². The van der Waals surface area contributed by atoms with Gasteiger partial charge in [0.15, 0.2) is 0 Å². The molecule has 0 aliphatic heterocycles. The van der Waals surface area contributed by atoms with E-state index in [2.05, 4.69) is 70.4 Å². The first kappa shape index (κ1) is 18.7. The fourth-order valence-electron chi connectivity index (χ4n) is 2.98. The van der Waals surface area contributed by atoms with Crippen LogP contribution in [-0.2, 0) is 6.54 Å². The SMILES string of the molecule is Cc1ccc(-c2nc(NCc3cnn(C(C)C)c3)ncc2-c2cncnc2)cc1. The average Bonchev–Trinajstić information content (AvgIpc) is 3.23. The smallest absolute Gasteiger partial charge is 0.223 e. The van der Waals surface area contributed by atoms with Crippen LogP contribution in [0.25, 0.3) is 22.4 Å². The van der Waals surface area contributed by atoms with Gasteiger partial charge in [-0.1, -0.05) is 29.8 Å². The second kappa shape index (κ2) is 8.18. The summed E-state index contributed by atoms with van der Waals surface area (Å²) in [6.45, 7) is 6.88. The van der Waals surface area contributed by atoms with Crippen molar-refractivity contribution in [2.75, 3.05) is 5.32 Å². The molecular weight excluding hydrogens is 362 g/mol. The summed E-state index contributed by atoms with van der Waals surface area (Å²) in [4.78, 5) is 17.6. The molecule has 0 radical (unpaired) electrons. The van der Waals surface area contributed by atoms with Gasteiger partial charge in [-0.3, -0.25) is 4.68 Å². The molecule has 1 aromatic carbocycles. The molecule has 0 amide bonds. The van der Waals surface area contributed by atoms with Crippen LogP contribution in [0, 0.1) is 6.92 Å². The molecule has 4 rings (SSSR count). The summed E-state index contributed by atoms with van der Waals surface area (Å²) in [5, 5.41) is 7.68. The third kappa shape index (κ3) is 4.29. The Bertz CT molecular complexity index is 1090. The van der Waals surface area contributed by atoms with E-state index in [-0.39, 0.29) is 0 Å². The molecule has 0 atom stereocenters. The first-order valence-electron chi connectivity index (χ1n) is 9.56. The summed E-state index contributed by atoms with van der Waals surface area (Å²) < 4.78 is 1.94. The lowest BCUT2D eigenvalue weighted by Crippen LogP contribution is -2.05. The number of nitrogens with one attached hydrogen (secondary N) is 1. The summed E-state index contributed by atoms with van der Waals surface area (Å²) in [6.07, 6.45) is 10.8. The number of anilines is 1. The minimum absolute atomic E-state index is 0.334. The molecule has 0 saturated heterocycles. The van der Waals surface area contributed by atoms with Gasteiger partial charge in [-0.2, -0.15) is 5.10 Å². The Balaban J connectivity index is 1.65. The maximum Gasteiger partial charge on any atom is 0.223 e. The highest BCUT2D eigenvalue weighted by molar-refractivity contribution is 5.80. The van der Waals surface area contributed by atoms with Crippen LogP contribution >= 0.6 is 0 Å². The Morgan fingerprint density at radius 2 is 1.72 bits per heavy atom. The monoisotopic (exact) mass is 385 g/mol. The standard InChI is InChI=1S/C22H23N7/c1-15(2)29-13-17(9-27-29)8-25-22-26-12-20(19-10-23-14-24-11-19)21(28-22)18-6-4-16(3)5-7-18/h4-7,9-15H,8H2,1-3H3,(H,25,26,28). The van der Waals surface area contributed by atoms with Crippen molar-refractivity contribution in [2.45, 2.75) is 33.4 Å². The van der Waals surface area contributed by atoms with Crippen LogP contribution in [0.2, 0.25) is 0 Å². The first-order chi connectivity index (χ1) is 14.1. The summed E-state index contributed by atoms with van der Waals surface area (Å²) >= 11 is 0. The van der Waals surface area contributed by atoms with E-state index in [0.717, 1.165) is 27.9 Å². The van der Waals surface area contributed by atoms with Gasteiger partial charge < -0.3 is 5.32 Å². The summed E-state index contributed by atoms with van der Waals surface area (Å²) in [6, 6.07) is 8.63. The van der Waals surface area contributed by atoms with Crippen molar-refractivity contribution in [3.8, 4) is 22.4 Å². The van der Waals surface area contributed by atoms with Gasteiger partial charge in [-0.25, -0.2) is 19.9 Å². The quantitative estimate of drug-likeness (QED) is 0.533. The van der Waals surface area contributed by atoms with Crippen LogP contribution in [0.5, 0.6) is 0 Å². The highest BCUT2D eigenvalue weighted by atomic mass is 15.3. The minimum atomic E-state index is 0.334. The van der Waals surface area contributed by atoms with Crippen molar-refractivity contribution in [1.29, 1.82) is 0 Å². The van der Waals surface area contributed by atoms with Crippen molar-refractivity contribution in [3.63, 3.8) is 0 Å². The molecule has 7 nitrogen and oxygen atoms in total. The number of aryl methyl sites for hydroxylation is 1. The van der Waals surface area contributed by atoms with Gasteiger partial charge >= 0.3 is 0 Å². The average molecular weight is 385 g/mol. The van der Waals surface area contributed by atoms with Crippen molar-refractivity contribution in [1.82, 2.24) is 29.7 Å². The van der Waals surface area contributed by atoms with E-state index in [9.17, 15) is 0 Å². The van der Waals surface area contributed by atoms with Crippen LogP contribution in [0.3, 0.4) is 0 Å². The molecule has 0 aliphatic rings. The van der Waals surface area contributed by atoms with Gasteiger partial charge in [-0.15, -0.1) is 0 Å². The molecule has 3 heterocycles. The fraction of sp³-hybridized carbons (Fsp3) is 0.227. The molecule has 146 valence electrons. The van der Waals surface area contributed by atoms with Crippen molar-refractivity contribution >= 4 is 5.95 Å². The zero-order chi connectivity index (χ0) is 20.2. The Labute approximate surface area is 169 Å². The molecule has 29 heavy (non-hydrogen) atoms. The minimum Gasteiger partial charge on any atom is -0.350 e. The third-order valence-corrected chi connectivity index (χ3v) is 4.62. The number of rotatable bonds is 6. The Morgan fingerprint density at radius 3 is 2.41 bits per heavy atom. The molecule has 1 N–H and O–H groups in total. The van der Waals surface area contributed by atoms with Gasteiger partial charge in [0.25, 0.3) is 0 Å². The number of hydrogen-bond acceptors (Lipinski definition) is 6. The van der Waals surface area contributed by atoms with E-state index in [1.165, 1.54) is 11.9 Å². The van der Waals surface area contributed by atoms with Crippen LogP contribution in [0.4, 0.5) is 5.95 Å². The Kier molecular flexibility index (Phi) is 5.29. The zero-order valence-corrected chi connectivity index (χ0v) is 16.7. The summed E-state index contributed by atoms with van der Waals surface area (Å²) in [7, 11) is 0. The van der Waals surface area contributed by atoms with E-state index in [1.54, 1.807) is 12.4 Å². The normalized spacial score (nSPS) is 11.0. The molecule has 0 spiro atoms. The second-order valence-electron chi connectivity index (χ2n) is 7.22. The summed E-state index contributed by atoms with van der Waals surface area (Å²) in [5.74, 6) is 0.568. The maximum atomic E-state index is 4.80. The lowest BCUT2D eigenvalue weighted by molar-refractivity contribution is 0.532. The number of aromatic nitrogens is 6. The predicted octanol–water partition coefficient (Wildman–Crippen LogP) is 4.30. The van der Waals surface area contributed by atoms with Crippen molar-refractivity contribution in [2.24, 2.45) is 0 Å². The fourth-order valence-corrected chi connectivity index (χ4v) is 2.98. The molecule has 0 fully saturated rings. The molecule has 3 aromatic heterocycles. The van der Waals surface area contributed by atoms with Crippen LogP contribution in [-0.4, -0.2) is 29.7 Å². The predicted molar refractivity (Wildman–Crippen MR) is 113 cm³/mol. The highest BCUT2D eigenvalue weighted by Crippen LogP contribution is 2.30.